The Labute approximate surface area is 186 Å². The molecule has 0 aliphatic heterocycles. The number of nitrogens with zero attached hydrogens (tertiary/aromatic N) is 4. The Morgan fingerprint density at radius 1 is 1.03 bits per heavy atom. The van der Waals surface area contributed by atoms with Crippen LogP contribution < -0.4 is 4.89 Å². The highest BCUT2D eigenvalue weighted by molar-refractivity contribution is 7.45. The number of phosphoric acid groups is 1. The molecule has 0 bridgehead atoms. The van der Waals surface area contributed by atoms with E-state index in [1.165, 1.54) is 19.3 Å². The molecule has 0 radical (unpaired) electrons. The van der Waals surface area contributed by atoms with Crippen molar-refractivity contribution >= 4 is 7.82 Å². The molecular formula is C22H37N4O4P. The number of quaternary nitrogens is 1. The number of hydrogen-bond acceptors (Lipinski definition) is 6. The topological polar surface area (TPSA) is 89.3 Å². The highest BCUT2D eigenvalue weighted by atomic mass is 31.2. The first kappa shape index (κ1) is 25.7. The average Bonchev–Trinajstić information content (AvgIpc) is 3.13. The summed E-state index contributed by atoms with van der Waals surface area (Å²) in [5.41, 5.74) is 2.01. The van der Waals surface area contributed by atoms with Gasteiger partial charge in [-0.1, -0.05) is 74.6 Å². The van der Waals surface area contributed by atoms with Gasteiger partial charge in [-0.05, 0) is 12.0 Å². The molecule has 0 aliphatic carbocycles. The van der Waals surface area contributed by atoms with E-state index in [1.54, 1.807) is 0 Å². The fourth-order valence-electron chi connectivity index (χ4n) is 3.27. The summed E-state index contributed by atoms with van der Waals surface area (Å²) in [6.45, 7) is 4.24. The molecule has 8 nitrogen and oxygen atoms in total. The monoisotopic (exact) mass is 452 g/mol. The smallest absolute Gasteiger partial charge is 0.268 e. The van der Waals surface area contributed by atoms with Crippen molar-refractivity contribution < 1.29 is 23.0 Å². The van der Waals surface area contributed by atoms with Crippen LogP contribution in [0.25, 0.3) is 0 Å². The van der Waals surface area contributed by atoms with Crippen LogP contribution in [-0.2, 0) is 26.7 Å². The summed E-state index contributed by atoms with van der Waals surface area (Å²) < 4.78 is 24.3. The van der Waals surface area contributed by atoms with Gasteiger partial charge in [0.05, 0.1) is 33.4 Å². The van der Waals surface area contributed by atoms with Crippen molar-refractivity contribution in [2.45, 2.75) is 58.5 Å². The molecule has 1 aromatic carbocycles. The van der Waals surface area contributed by atoms with Crippen LogP contribution in [0, 0.1) is 0 Å². The lowest BCUT2D eigenvalue weighted by atomic mass is 10.1. The minimum absolute atomic E-state index is 0.0719. The van der Waals surface area contributed by atoms with Gasteiger partial charge in [-0.25, -0.2) is 4.68 Å². The summed E-state index contributed by atoms with van der Waals surface area (Å²) in [5.74, 6) is 0. The SMILES string of the molecule is CCCCCCCCOP(=O)([O-])OCC[N+](C)(C)Cc1cn(Cc2ccccc2)nn1. The number of phosphoric ester groups is 1. The molecule has 0 fully saturated rings. The van der Waals surface area contributed by atoms with Gasteiger partial charge in [0.25, 0.3) is 7.82 Å². The van der Waals surface area contributed by atoms with Crippen molar-refractivity contribution in [2.24, 2.45) is 0 Å². The van der Waals surface area contributed by atoms with Gasteiger partial charge in [-0.15, -0.1) is 5.10 Å². The second-order valence-corrected chi connectivity index (χ2v) is 10.0. The van der Waals surface area contributed by atoms with E-state index >= 15 is 0 Å². The summed E-state index contributed by atoms with van der Waals surface area (Å²) in [6, 6.07) is 10.1. The maximum atomic E-state index is 11.9. The number of hydrogen-bond donors (Lipinski definition) is 0. The molecule has 0 saturated heterocycles. The lowest BCUT2D eigenvalue weighted by molar-refractivity contribution is -0.904. The van der Waals surface area contributed by atoms with Crippen LogP contribution >= 0.6 is 7.82 Å². The van der Waals surface area contributed by atoms with E-state index in [4.69, 9.17) is 9.05 Å². The van der Waals surface area contributed by atoms with Gasteiger partial charge in [0.2, 0.25) is 0 Å². The molecule has 0 spiro atoms. The van der Waals surface area contributed by atoms with Crippen LogP contribution in [-0.4, -0.2) is 53.3 Å². The third-order valence-electron chi connectivity index (χ3n) is 5.06. The van der Waals surface area contributed by atoms with Crippen LogP contribution in [0.5, 0.6) is 0 Å². The molecular weight excluding hydrogens is 415 g/mol. The largest absolute Gasteiger partial charge is 0.756 e. The second-order valence-electron chi connectivity index (χ2n) is 8.59. The summed E-state index contributed by atoms with van der Waals surface area (Å²) in [6.07, 6.45) is 8.37. The quantitative estimate of drug-likeness (QED) is 0.219. The first-order valence-electron chi connectivity index (χ1n) is 11.1. The van der Waals surface area contributed by atoms with Crippen molar-refractivity contribution in [1.82, 2.24) is 15.0 Å². The number of aromatic nitrogens is 3. The van der Waals surface area contributed by atoms with Gasteiger partial charge in [0.15, 0.2) is 0 Å². The van der Waals surface area contributed by atoms with Gasteiger partial charge in [0, 0.05) is 0 Å². The molecule has 31 heavy (non-hydrogen) atoms. The molecule has 0 N–H and O–H groups in total. The van der Waals surface area contributed by atoms with E-state index in [1.807, 2.05) is 43.2 Å². The Kier molecular flexibility index (Phi) is 10.8. The lowest BCUT2D eigenvalue weighted by Crippen LogP contribution is -2.41. The minimum Gasteiger partial charge on any atom is -0.756 e. The fourth-order valence-corrected chi connectivity index (χ4v) is 4.00. The van der Waals surface area contributed by atoms with E-state index in [0.717, 1.165) is 30.5 Å². The van der Waals surface area contributed by atoms with Crippen molar-refractivity contribution in [3.05, 3.63) is 47.8 Å². The molecule has 1 atom stereocenters. The number of unbranched alkanes of at least 4 members (excludes halogenated alkanes) is 5. The zero-order chi connectivity index (χ0) is 22.6. The molecule has 2 rings (SSSR count). The highest BCUT2D eigenvalue weighted by Crippen LogP contribution is 2.38. The van der Waals surface area contributed by atoms with E-state index in [9.17, 15) is 9.46 Å². The molecule has 0 aliphatic rings. The van der Waals surface area contributed by atoms with Crippen LogP contribution in [0.2, 0.25) is 0 Å². The predicted molar refractivity (Wildman–Crippen MR) is 119 cm³/mol. The molecule has 0 saturated carbocycles. The van der Waals surface area contributed by atoms with Gasteiger partial charge >= 0.3 is 0 Å². The van der Waals surface area contributed by atoms with E-state index in [0.29, 0.717) is 24.1 Å². The van der Waals surface area contributed by atoms with Crippen LogP contribution in [0.1, 0.15) is 56.7 Å². The van der Waals surface area contributed by atoms with Gasteiger partial charge in [-0.2, -0.15) is 0 Å². The standard InChI is InChI=1S/C22H37N4O4P/c1-4-5-6-7-8-12-16-29-31(27,28)30-17-15-26(2,3)20-22-19-25(24-23-22)18-21-13-10-9-11-14-21/h9-11,13-14,19H,4-8,12,15-18,20H2,1-3H3. The summed E-state index contributed by atoms with van der Waals surface area (Å²) in [7, 11) is -0.236. The van der Waals surface area contributed by atoms with Crippen molar-refractivity contribution in [3.63, 3.8) is 0 Å². The Morgan fingerprint density at radius 2 is 1.71 bits per heavy atom. The number of likely N-dealkylation sites (N-methyl/N-ethyl adjacent to an activating group) is 1. The Balaban J connectivity index is 1.67. The fraction of sp³-hybridized carbons (Fsp3) is 0.636. The zero-order valence-electron chi connectivity index (χ0n) is 19.1. The summed E-state index contributed by atoms with van der Waals surface area (Å²) in [4.78, 5) is 11.9. The van der Waals surface area contributed by atoms with Crippen LogP contribution in [0.3, 0.4) is 0 Å². The number of benzene rings is 1. The highest BCUT2D eigenvalue weighted by Gasteiger charge is 2.20. The summed E-state index contributed by atoms with van der Waals surface area (Å²) in [5, 5.41) is 8.44. The van der Waals surface area contributed by atoms with Crippen molar-refractivity contribution in [2.75, 3.05) is 33.9 Å². The zero-order valence-corrected chi connectivity index (χ0v) is 20.0. The lowest BCUT2D eigenvalue weighted by Gasteiger charge is -2.30. The Hall–Kier alpha value is -1.57. The van der Waals surface area contributed by atoms with Crippen molar-refractivity contribution in [1.29, 1.82) is 0 Å². The second kappa shape index (κ2) is 13.1. The van der Waals surface area contributed by atoms with E-state index < -0.39 is 7.82 Å². The van der Waals surface area contributed by atoms with Crippen LogP contribution in [0.4, 0.5) is 0 Å². The molecule has 1 aromatic heterocycles. The molecule has 9 heteroatoms. The average molecular weight is 453 g/mol. The molecule has 0 amide bonds. The first-order valence-corrected chi connectivity index (χ1v) is 12.6. The van der Waals surface area contributed by atoms with Crippen molar-refractivity contribution in [3.8, 4) is 0 Å². The molecule has 2 aromatic rings. The van der Waals surface area contributed by atoms with Gasteiger partial charge in [-0.3, -0.25) is 4.57 Å². The van der Waals surface area contributed by atoms with Gasteiger partial charge < -0.3 is 18.4 Å². The Bertz CT molecular complexity index is 798. The third-order valence-corrected chi connectivity index (χ3v) is 6.05. The maximum absolute atomic E-state index is 11.9. The third kappa shape index (κ3) is 11.0. The predicted octanol–water partition coefficient (Wildman–Crippen LogP) is 3.76. The van der Waals surface area contributed by atoms with Crippen LogP contribution in [0.15, 0.2) is 36.5 Å². The van der Waals surface area contributed by atoms with E-state index in [2.05, 4.69) is 29.4 Å². The van der Waals surface area contributed by atoms with E-state index in [-0.39, 0.29) is 13.2 Å². The molecule has 174 valence electrons. The number of rotatable bonds is 16. The molecule has 1 unspecified atom stereocenters. The maximum Gasteiger partial charge on any atom is 0.268 e. The Morgan fingerprint density at radius 3 is 2.45 bits per heavy atom. The minimum atomic E-state index is -4.25. The van der Waals surface area contributed by atoms with Gasteiger partial charge in [0.1, 0.15) is 25.4 Å². The first-order chi connectivity index (χ1) is 14.8. The summed E-state index contributed by atoms with van der Waals surface area (Å²) >= 11 is 0. The normalized spacial score (nSPS) is 13.9. The molecule has 1 heterocycles.